The Morgan fingerprint density at radius 3 is 2.16 bits per heavy atom. The van der Waals surface area contributed by atoms with Crippen LogP contribution >= 0.6 is 0 Å². The fourth-order valence-corrected chi connectivity index (χ4v) is 4.99. The number of hydrogen-bond donors (Lipinski definition) is 1. The largest absolute Gasteiger partial charge is 0.395 e. The molecule has 9 heteroatoms. The highest BCUT2D eigenvalue weighted by molar-refractivity contribution is 7.92. The molecule has 0 saturated carbocycles. The number of nitrogens with zero attached hydrogens (tertiary/aromatic N) is 3. The van der Waals surface area contributed by atoms with Crippen molar-refractivity contribution in [1.29, 1.82) is 0 Å². The van der Waals surface area contributed by atoms with Crippen LogP contribution in [0.25, 0.3) is 0 Å². The molecule has 0 aliphatic heterocycles. The number of anilines is 2. The first-order valence-corrected chi connectivity index (χ1v) is 11.6. The number of nitro groups is 1. The van der Waals surface area contributed by atoms with Gasteiger partial charge in [0.15, 0.2) is 0 Å². The summed E-state index contributed by atoms with van der Waals surface area (Å²) in [6.07, 6.45) is 0. The maximum atomic E-state index is 13.3. The van der Waals surface area contributed by atoms with Gasteiger partial charge >= 0.3 is 0 Å². The standard InChI is InChI=1S/C23H25N3O5S/c1-2-25(20-11-7-4-8-12-20)32(30,31)21-13-14-22(23(17-21)26(28)29)24(15-16-27)18-19-9-5-3-6-10-19/h3-14,17,27H,2,15-16,18H2,1H3. The SMILES string of the molecule is CCN(c1ccccc1)S(=O)(=O)c1ccc(N(CCO)Cc2ccccc2)c([N+](=O)[O-])c1. The lowest BCUT2D eigenvalue weighted by Crippen LogP contribution is -2.31. The van der Waals surface area contributed by atoms with Crippen LogP contribution in [-0.4, -0.2) is 38.1 Å². The zero-order valence-corrected chi connectivity index (χ0v) is 18.5. The summed E-state index contributed by atoms with van der Waals surface area (Å²) < 4.78 is 27.8. The first-order chi connectivity index (χ1) is 15.4. The molecule has 0 fully saturated rings. The zero-order valence-electron chi connectivity index (χ0n) is 17.7. The normalized spacial score (nSPS) is 11.2. The van der Waals surface area contributed by atoms with E-state index in [1.54, 1.807) is 42.2 Å². The Balaban J connectivity index is 2.03. The first kappa shape index (κ1) is 23.2. The Hall–Kier alpha value is -3.43. The summed E-state index contributed by atoms with van der Waals surface area (Å²) >= 11 is 0. The van der Waals surface area contributed by atoms with Crippen molar-refractivity contribution in [3.8, 4) is 0 Å². The molecule has 0 bridgehead atoms. The van der Waals surface area contributed by atoms with Crippen LogP contribution in [0.2, 0.25) is 0 Å². The molecule has 0 aromatic heterocycles. The Kier molecular flexibility index (Phi) is 7.45. The van der Waals surface area contributed by atoms with Crippen molar-refractivity contribution in [2.75, 3.05) is 28.9 Å². The summed E-state index contributed by atoms with van der Waals surface area (Å²) in [5.41, 5.74) is 1.30. The quantitative estimate of drug-likeness (QED) is 0.368. The third-order valence-corrected chi connectivity index (χ3v) is 6.89. The minimum atomic E-state index is -4.01. The lowest BCUT2D eigenvalue weighted by Gasteiger charge is -2.25. The van der Waals surface area contributed by atoms with E-state index in [2.05, 4.69) is 0 Å². The Bertz CT molecular complexity index is 1150. The summed E-state index contributed by atoms with van der Waals surface area (Å²) in [4.78, 5) is 12.8. The molecule has 8 nitrogen and oxygen atoms in total. The van der Waals surface area contributed by atoms with Crippen molar-refractivity contribution in [2.24, 2.45) is 0 Å². The van der Waals surface area contributed by atoms with Crippen LogP contribution in [0.3, 0.4) is 0 Å². The molecular formula is C23H25N3O5S. The molecule has 1 N–H and O–H groups in total. The van der Waals surface area contributed by atoms with Gasteiger partial charge in [0.2, 0.25) is 0 Å². The predicted octanol–water partition coefficient (Wildman–Crippen LogP) is 3.81. The number of benzene rings is 3. The van der Waals surface area contributed by atoms with Gasteiger partial charge in [-0.15, -0.1) is 0 Å². The molecule has 0 heterocycles. The van der Waals surface area contributed by atoms with Gasteiger partial charge in [0.05, 0.1) is 22.1 Å². The summed E-state index contributed by atoms with van der Waals surface area (Å²) in [7, 11) is -4.01. The fraction of sp³-hybridized carbons (Fsp3) is 0.217. The van der Waals surface area contributed by atoms with Crippen LogP contribution in [-0.2, 0) is 16.6 Å². The number of sulfonamides is 1. The Morgan fingerprint density at radius 2 is 1.59 bits per heavy atom. The van der Waals surface area contributed by atoms with E-state index < -0.39 is 14.9 Å². The molecule has 0 unspecified atom stereocenters. The van der Waals surface area contributed by atoms with Crippen molar-refractivity contribution in [3.63, 3.8) is 0 Å². The van der Waals surface area contributed by atoms with E-state index in [-0.39, 0.29) is 36.0 Å². The summed E-state index contributed by atoms with van der Waals surface area (Å²) in [6, 6.07) is 21.8. The highest BCUT2D eigenvalue weighted by Gasteiger charge is 2.28. The van der Waals surface area contributed by atoms with Crippen LogP contribution in [0.4, 0.5) is 17.1 Å². The van der Waals surface area contributed by atoms with E-state index >= 15 is 0 Å². The van der Waals surface area contributed by atoms with E-state index in [4.69, 9.17) is 0 Å². The average molecular weight is 456 g/mol. The molecule has 168 valence electrons. The minimum Gasteiger partial charge on any atom is -0.395 e. The van der Waals surface area contributed by atoms with Gasteiger partial charge in [-0.3, -0.25) is 14.4 Å². The molecule has 0 spiro atoms. The van der Waals surface area contributed by atoms with Crippen LogP contribution in [0.5, 0.6) is 0 Å². The van der Waals surface area contributed by atoms with E-state index in [0.29, 0.717) is 12.2 Å². The number of aliphatic hydroxyl groups is 1. The van der Waals surface area contributed by atoms with Gasteiger partial charge in [-0.05, 0) is 36.8 Å². The second kappa shape index (κ2) is 10.3. The highest BCUT2D eigenvalue weighted by atomic mass is 32.2. The van der Waals surface area contributed by atoms with Gasteiger partial charge < -0.3 is 10.0 Å². The van der Waals surface area contributed by atoms with Crippen molar-refractivity contribution >= 4 is 27.1 Å². The molecule has 0 saturated heterocycles. The number of aliphatic hydroxyl groups excluding tert-OH is 1. The van der Waals surface area contributed by atoms with Crippen molar-refractivity contribution < 1.29 is 18.4 Å². The predicted molar refractivity (Wildman–Crippen MR) is 124 cm³/mol. The van der Waals surface area contributed by atoms with Crippen LogP contribution in [0.15, 0.2) is 83.8 Å². The Morgan fingerprint density at radius 1 is 0.969 bits per heavy atom. The van der Waals surface area contributed by atoms with Gasteiger partial charge in [0, 0.05) is 25.7 Å². The van der Waals surface area contributed by atoms with Crippen LogP contribution < -0.4 is 9.21 Å². The second-order valence-corrected chi connectivity index (χ2v) is 8.91. The lowest BCUT2D eigenvalue weighted by molar-refractivity contribution is -0.384. The summed E-state index contributed by atoms with van der Waals surface area (Å²) in [5.74, 6) is 0. The smallest absolute Gasteiger partial charge is 0.293 e. The number of para-hydroxylation sites is 1. The lowest BCUT2D eigenvalue weighted by atomic mass is 10.2. The van der Waals surface area contributed by atoms with Gasteiger partial charge in [-0.1, -0.05) is 48.5 Å². The third kappa shape index (κ3) is 5.06. The van der Waals surface area contributed by atoms with Gasteiger partial charge in [0.1, 0.15) is 5.69 Å². The molecule has 32 heavy (non-hydrogen) atoms. The molecular weight excluding hydrogens is 430 g/mol. The summed E-state index contributed by atoms with van der Waals surface area (Å²) in [5, 5.41) is 21.4. The van der Waals surface area contributed by atoms with Crippen molar-refractivity contribution in [1.82, 2.24) is 0 Å². The first-order valence-electron chi connectivity index (χ1n) is 10.1. The molecule has 0 aliphatic rings. The van der Waals surface area contributed by atoms with Crippen LogP contribution in [0, 0.1) is 10.1 Å². The van der Waals surface area contributed by atoms with E-state index in [9.17, 15) is 23.6 Å². The zero-order chi connectivity index (χ0) is 23.1. The van der Waals surface area contributed by atoms with Crippen molar-refractivity contribution in [3.05, 3.63) is 94.5 Å². The van der Waals surface area contributed by atoms with Gasteiger partial charge in [-0.2, -0.15) is 0 Å². The summed E-state index contributed by atoms with van der Waals surface area (Å²) in [6.45, 7) is 2.16. The Labute approximate surface area is 187 Å². The maximum absolute atomic E-state index is 13.3. The molecule has 0 aliphatic carbocycles. The van der Waals surface area contributed by atoms with E-state index in [1.807, 2.05) is 30.3 Å². The van der Waals surface area contributed by atoms with E-state index in [0.717, 1.165) is 11.6 Å². The topological polar surface area (TPSA) is 104 Å². The van der Waals surface area contributed by atoms with E-state index in [1.165, 1.54) is 16.4 Å². The molecule has 0 atom stereocenters. The number of hydrogen-bond acceptors (Lipinski definition) is 6. The molecule has 3 aromatic rings. The van der Waals surface area contributed by atoms with Gasteiger partial charge in [0.25, 0.3) is 15.7 Å². The van der Waals surface area contributed by atoms with Crippen molar-refractivity contribution in [2.45, 2.75) is 18.4 Å². The molecule has 3 aromatic carbocycles. The molecule has 3 rings (SSSR count). The molecule has 0 radical (unpaired) electrons. The maximum Gasteiger partial charge on any atom is 0.293 e. The second-order valence-electron chi connectivity index (χ2n) is 7.04. The highest BCUT2D eigenvalue weighted by Crippen LogP contribution is 2.33. The molecule has 0 amide bonds. The van der Waals surface area contributed by atoms with Crippen LogP contribution in [0.1, 0.15) is 12.5 Å². The number of rotatable bonds is 10. The monoisotopic (exact) mass is 455 g/mol. The average Bonchev–Trinajstić information content (AvgIpc) is 2.80. The minimum absolute atomic E-state index is 0.160. The third-order valence-electron chi connectivity index (χ3n) is 4.99. The number of nitro benzene ring substituents is 1. The fourth-order valence-electron chi connectivity index (χ4n) is 3.50. The van der Waals surface area contributed by atoms with Gasteiger partial charge in [-0.25, -0.2) is 8.42 Å².